The Morgan fingerprint density at radius 3 is 2.42 bits per heavy atom. The fourth-order valence-corrected chi connectivity index (χ4v) is 5.23. The smallest absolute Gasteiger partial charge is 0.252 e. The summed E-state index contributed by atoms with van der Waals surface area (Å²) in [5, 5.41) is 2.94. The fourth-order valence-electron chi connectivity index (χ4n) is 3.60. The van der Waals surface area contributed by atoms with Gasteiger partial charge < -0.3 is 10.2 Å². The van der Waals surface area contributed by atoms with Crippen molar-refractivity contribution in [2.75, 3.05) is 43.4 Å². The van der Waals surface area contributed by atoms with Gasteiger partial charge in [0.15, 0.2) is 0 Å². The average molecular weight is 445 g/mol. The van der Waals surface area contributed by atoms with Gasteiger partial charge in [-0.2, -0.15) is 4.31 Å². The number of hydrogen-bond donors (Lipinski definition) is 1. The van der Waals surface area contributed by atoms with E-state index in [-0.39, 0.29) is 11.7 Å². The summed E-state index contributed by atoms with van der Waals surface area (Å²) in [6, 6.07) is 13.8. The molecule has 3 rings (SSSR count). The Hall–Kier alpha value is -2.45. The van der Waals surface area contributed by atoms with E-state index in [0.29, 0.717) is 44.7 Å². The second-order valence-corrected chi connectivity index (χ2v) is 9.89. The van der Waals surface area contributed by atoms with Crippen molar-refractivity contribution in [3.8, 4) is 0 Å². The van der Waals surface area contributed by atoms with Crippen LogP contribution in [0.5, 0.6) is 0 Å². The quantitative estimate of drug-likeness (QED) is 0.570. The van der Waals surface area contributed by atoms with E-state index >= 15 is 0 Å². The second-order valence-electron chi connectivity index (χ2n) is 7.81. The van der Waals surface area contributed by atoms with Crippen molar-refractivity contribution < 1.29 is 13.2 Å². The molecule has 0 unspecified atom stereocenters. The van der Waals surface area contributed by atoms with E-state index in [1.807, 2.05) is 31.2 Å². The van der Waals surface area contributed by atoms with Crippen LogP contribution in [-0.4, -0.2) is 62.1 Å². The van der Waals surface area contributed by atoms with Crippen LogP contribution in [0.4, 0.5) is 5.82 Å². The number of rotatable bonds is 10. The normalized spacial score (nSPS) is 15.1. The fraction of sp³-hybridized carbons (Fsp3) is 0.478. The predicted octanol–water partition coefficient (Wildman–Crippen LogP) is 2.70. The van der Waals surface area contributed by atoms with Crippen molar-refractivity contribution in [1.29, 1.82) is 0 Å². The van der Waals surface area contributed by atoms with Crippen molar-refractivity contribution in [3.63, 3.8) is 0 Å². The summed E-state index contributed by atoms with van der Waals surface area (Å²) in [4.78, 5) is 18.8. The zero-order chi connectivity index (χ0) is 22.1. The summed E-state index contributed by atoms with van der Waals surface area (Å²) in [7, 11) is -3.16. The van der Waals surface area contributed by atoms with Crippen LogP contribution in [0.15, 0.2) is 48.7 Å². The molecule has 2 heterocycles. The first-order chi connectivity index (χ1) is 15.0. The first-order valence-electron chi connectivity index (χ1n) is 11.0. The molecular formula is C23H32N4O3S. The highest BCUT2D eigenvalue weighted by Crippen LogP contribution is 2.16. The first kappa shape index (κ1) is 23.2. The summed E-state index contributed by atoms with van der Waals surface area (Å²) in [5.41, 5.74) is 1.80. The van der Waals surface area contributed by atoms with Crippen LogP contribution in [0.3, 0.4) is 0 Å². The lowest BCUT2D eigenvalue weighted by molar-refractivity contribution is 0.0953. The third kappa shape index (κ3) is 6.77. The molecule has 1 N–H and O–H groups in total. The van der Waals surface area contributed by atoms with E-state index in [4.69, 9.17) is 0 Å². The van der Waals surface area contributed by atoms with Crippen molar-refractivity contribution in [2.24, 2.45) is 0 Å². The SMILES string of the molecule is CCCCS(=O)(=O)N1CCN(c2ccc(C(=O)NCCCc3ccccc3)cn2)CC1. The Morgan fingerprint density at radius 2 is 1.77 bits per heavy atom. The first-order valence-corrected chi connectivity index (χ1v) is 12.6. The van der Waals surface area contributed by atoms with E-state index < -0.39 is 10.0 Å². The van der Waals surface area contributed by atoms with Crippen LogP contribution in [-0.2, 0) is 16.4 Å². The lowest BCUT2D eigenvalue weighted by Crippen LogP contribution is -2.49. The molecule has 1 aliphatic heterocycles. The Bertz CT molecular complexity index is 925. The van der Waals surface area contributed by atoms with Gasteiger partial charge in [-0.3, -0.25) is 4.79 Å². The summed E-state index contributed by atoms with van der Waals surface area (Å²) < 4.78 is 26.3. The molecule has 1 aromatic carbocycles. The third-order valence-electron chi connectivity index (χ3n) is 5.49. The molecule has 0 aliphatic carbocycles. The summed E-state index contributed by atoms with van der Waals surface area (Å²) in [5.74, 6) is 0.863. The lowest BCUT2D eigenvalue weighted by atomic mass is 10.1. The van der Waals surface area contributed by atoms with Crippen LogP contribution in [0.25, 0.3) is 0 Å². The van der Waals surface area contributed by atoms with E-state index in [2.05, 4.69) is 27.3 Å². The molecule has 2 aromatic rings. The van der Waals surface area contributed by atoms with Gasteiger partial charge in [0, 0.05) is 38.9 Å². The maximum atomic E-state index is 12.3. The number of nitrogens with one attached hydrogen (secondary N) is 1. The van der Waals surface area contributed by atoms with Crippen LogP contribution >= 0.6 is 0 Å². The Morgan fingerprint density at radius 1 is 1.03 bits per heavy atom. The molecule has 1 saturated heterocycles. The number of sulfonamides is 1. The minimum Gasteiger partial charge on any atom is -0.354 e. The van der Waals surface area contributed by atoms with E-state index in [1.165, 1.54) is 5.56 Å². The number of aryl methyl sites for hydroxylation is 1. The molecule has 1 aliphatic rings. The van der Waals surface area contributed by atoms with Gasteiger partial charge in [-0.05, 0) is 37.0 Å². The molecule has 1 fully saturated rings. The highest BCUT2D eigenvalue weighted by molar-refractivity contribution is 7.89. The number of hydrogen-bond acceptors (Lipinski definition) is 5. The topological polar surface area (TPSA) is 82.6 Å². The molecule has 0 atom stereocenters. The van der Waals surface area contributed by atoms with Crippen molar-refractivity contribution in [3.05, 3.63) is 59.8 Å². The van der Waals surface area contributed by atoms with Gasteiger partial charge in [0.05, 0.1) is 11.3 Å². The second kappa shape index (κ2) is 11.2. The number of carbonyl (C=O) groups is 1. The third-order valence-corrected chi connectivity index (χ3v) is 7.45. The van der Waals surface area contributed by atoms with Crippen LogP contribution in [0.2, 0.25) is 0 Å². The molecule has 0 spiro atoms. The number of pyridine rings is 1. The van der Waals surface area contributed by atoms with Crippen molar-refractivity contribution >= 4 is 21.7 Å². The van der Waals surface area contributed by atoms with Gasteiger partial charge in [0.1, 0.15) is 5.82 Å². The zero-order valence-corrected chi connectivity index (χ0v) is 19.0. The van der Waals surface area contributed by atoms with Gasteiger partial charge >= 0.3 is 0 Å². The van der Waals surface area contributed by atoms with Crippen LogP contribution in [0, 0.1) is 0 Å². The number of piperazine rings is 1. The average Bonchev–Trinajstić information content (AvgIpc) is 2.81. The molecule has 8 heteroatoms. The van der Waals surface area contributed by atoms with Gasteiger partial charge in [0.25, 0.3) is 5.91 Å². The van der Waals surface area contributed by atoms with E-state index in [1.54, 1.807) is 16.6 Å². The molecule has 0 saturated carbocycles. The van der Waals surface area contributed by atoms with Crippen molar-refractivity contribution in [2.45, 2.75) is 32.6 Å². The van der Waals surface area contributed by atoms with Gasteiger partial charge in [-0.1, -0.05) is 43.7 Å². The highest BCUT2D eigenvalue weighted by Gasteiger charge is 2.26. The highest BCUT2D eigenvalue weighted by atomic mass is 32.2. The number of benzene rings is 1. The summed E-state index contributed by atoms with van der Waals surface area (Å²) in [6.07, 6.45) is 4.97. The maximum absolute atomic E-state index is 12.3. The molecule has 168 valence electrons. The van der Waals surface area contributed by atoms with E-state index in [9.17, 15) is 13.2 Å². The molecule has 31 heavy (non-hydrogen) atoms. The maximum Gasteiger partial charge on any atom is 0.252 e. The molecule has 0 bridgehead atoms. The summed E-state index contributed by atoms with van der Waals surface area (Å²) in [6.45, 7) is 4.75. The zero-order valence-electron chi connectivity index (χ0n) is 18.2. The van der Waals surface area contributed by atoms with Gasteiger partial charge in [-0.15, -0.1) is 0 Å². The largest absolute Gasteiger partial charge is 0.354 e. The number of unbranched alkanes of at least 4 members (excludes halogenated alkanes) is 1. The molecule has 1 amide bonds. The molecule has 1 aromatic heterocycles. The van der Waals surface area contributed by atoms with Gasteiger partial charge in [-0.25, -0.2) is 13.4 Å². The number of carbonyl (C=O) groups excluding carboxylic acids is 1. The standard InChI is InChI=1S/C23H32N4O3S/c1-2-3-18-31(29,30)27-16-14-26(15-17-27)22-12-11-21(19-25-22)23(28)24-13-7-10-20-8-5-4-6-9-20/h4-6,8-9,11-12,19H,2-3,7,10,13-18H2,1H3,(H,24,28). The Balaban J connectivity index is 1.44. The van der Waals surface area contributed by atoms with Gasteiger partial charge in [0.2, 0.25) is 10.0 Å². The van der Waals surface area contributed by atoms with Crippen LogP contribution < -0.4 is 10.2 Å². The number of amides is 1. The predicted molar refractivity (Wildman–Crippen MR) is 124 cm³/mol. The minimum atomic E-state index is -3.16. The van der Waals surface area contributed by atoms with Crippen molar-refractivity contribution in [1.82, 2.24) is 14.6 Å². The van der Waals surface area contributed by atoms with Crippen LogP contribution in [0.1, 0.15) is 42.1 Å². The Labute approximate surface area is 185 Å². The van der Waals surface area contributed by atoms with E-state index in [0.717, 1.165) is 25.1 Å². The number of nitrogens with zero attached hydrogens (tertiary/aromatic N) is 3. The molecular weight excluding hydrogens is 412 g/mol. The number of aromatic nitrogens is 1. The molecule has 7 nitrogen and oxygen atoms in total. The number of anilines is 1. The molecule has 0 radical (unpaired) electrons. The lowest BCUT2D eigenvalue weighted by Gasteiger charge is -2.34. The summed E-state index contributed by atoms with van der Waals surface area (Å²) >= 11 is 0. The Kier molecular flexibility index (Phi) is 8.43. The minimum absolute atomic E-state index is 0.126. The monoisotopic (exact) mass is 444 g/mol.